The van der Waals surface area contributed by atoms with Crippen LogP contribution >= 0.6 is 15.9 Å². The lowest BCUT2D eigenvalue weighted by atomic mass is 10.2. The summed E-state index contributed by atoms with van der Waals surface area (Å²) in [5.74, 6) is 0.710. The summed E-state index contributed by atoms with van der Waals surface area (Å²) in [6.07, 6.45) is 2.89. The van der Waals surface area contributed by atoms with Gasteiger partial charge in [0.1, 0.15) is 0 Å². The van der Waals surface area contributed by atoms with E-state index in [2.05, 4.69) is 15.9 Å². The lowest BCUT2D eigenvalue weighted by Gasteiger charge is -2.09. The number of ether oxygens (including phenoxy) is 2. The third-order valence-corrected chi connectivity index (χ3v) is 2.62. The maximum absolute atomic E-state index is 10.6. The molecule has 0 saturated carbocycles. The summed E-state index contributed by atoms with van der Waals surface area (Å²) in [4.78, 5) is 10.6. The molecule has 4 nitrogen and oxygen atoms in total. The lowest BCUT2D eigenvalue weighted by Crippen LogP contribution is -2.05. The molecule has 86 valence electrons. The molecule has 1 amide bonds. The van der Waals surface area contributed by atoms with Gasteiger partial charge in [0.2, 0.25) is 5.91 Å². The van der Waals surface area contributed by atoms with Gasteiger partial charge in [-0.05, 0) is 23.8 Å². The number of halogens is 1. The second-order valence-corrected chi connectivity index (χ2v) is 3.82. The predicted octanol–water partition coefficient (Wildman–Crippen LogP) is 1.96. The molecule has 1 aromatic carbocycles. The molecule has 0 saturated heterocycles. The van der Waals surface area contributed by atoms with Crippen molar-refractivity contribution in [1.29, 1.82) is 0 Å². The van der Waals surface area contributed by atoms with Crippen LogP contribution in [0.2, 0.25) is 0 Å². The van der Waals surface area contributed by atoms with Crippen molar-refractivity contribution in [3.8, 4) is 11.5 Å². The van der Waals surface area contributed by atoms with Crippen LogP contribution in [-0.4, -0.2) is 20.1 Å². The second kappa shape index (κ2) is 5.55. The summed E-state index contributed by atoms with van der Waals surface area (Å²) in [7, 11) is 3.11. The summed E-state index contributed by atoms with van der Waals surface area (Å²) in [5, 5.41) is 0. The van der Waals surface area contributed by atoms with Gasteiger partial charge in [0, 0.05) is 10.5 Å². The normalized spacial score (nSPS) is 10.4. The van der Waals surface area contributed by atoms with E-state index >= 15 is 0 Å². The average Bonchev–Trinajstić information content (AvgIpc) is 2.26. The Balaban J connectivity index is 3.16. The zero-order valence-electron chi connectivity index (χ0n) is 8.99. The van der Waals surface area contributed by atoms with E-state index in [1.807, 2.05) is 0 Å². The lowest BCUT2D eigenvalue weighted by molar-refractivity contribution is -0.113. The number of carbonyl (C=O) groups excluding carboxylic acids is 1. The number of methoxy groups -OCH3 is 2. The second-order valence-electron chi connectivity index (χ2n) is 2.96. The number of carbonyl (C=O) groups is 1. The highest BCUT2D eigenvalue weighted by molar-refractivity contribution is 9.10. The van der Waals surface area contributed by atoms with Crippen molar-refractivity contribution in [2.45, 2.75) is 0 Å². The van der Waals surface area contributed by atoms with Gasteiger partial charge in [0.05, 0.1) is 14.2 Å². The molecule has 0 aliphatic rings. The number of primary amides is 1. The first-order valence-electron chi connectivity index (χ1n) is 4.47. The SMILES string of the molecule is COc1cc(Br)c(C=CC(N)=O)cc1OC. The van der Waals surface area contributed by atoms with E-state index in [0.717, 1.165) is 10.0 Å². The fraction of sp³-hybridized carbons (Fsp3) is 0.182. The molecule has 0 aliphatic heterocycles. The molecule has 0 aliphatic carbocycles. The van der Waals surface area contributed by atoms with Gasteiger partial charge in [0.15, 0.2) is 11.5 Å². The van der Waals surface area contributed by atoms with E-state index < -0.39 is 5.91 Å². The van der Waals surface area contributed by atoms with Crippen LogP contribution in [0.1, 0.15) is 5.56 Å². The number of hydrogen-bond donors (Lipinski definition) is 1. The molecular weight excluding hydrogens is 274 g/mol. The van der Waals surface area contributed by atoms with Crippen molar-refractivity contribution in [3.63, 3.8) is 0 Å². The molecule has 1 aromatic rings. The standard InChI is InChI=1S/C11H12BrNO3/c1-15-9-5-7(3-4-11(13)14)8(12)6-10(9)16-2/h3-6H,1-2H3,(H2,13,14). The van der Waals surface area contributed by atoms with Gasteiger partial charge in [-0.25, -0.2) is 0 Å². The van der Waals surface area contributed by atoms with Gasteiger partial charge in [-0.1, -0.05) is 15.9 Å². The molecule has 0 bridgehead atoms. The highest BCUT2D eigenvalue weighted by Crippen LogP contribution is 2.33. The number of amides is 1. The molecule has 5 heteroatoms. The zero-order valence-corrected chi connectivity index (χ0v) is 10.6. The summed E-state index contributed by atoms with van der Waals surface area (Å²) in [6.45, 7) is 0. The van der Waals surface area contributed by atoms with Gasteiger partial charge in [0.25, 0.3) is 0 Å². The fourth-order valence-electron chi connectivity index (χ4n) is 1.17. The van der Waals surface area contributed by atoms with Crippen molar-refractivity contribution in [2.75, 3.05) is 14.2 Å². The predicted molar refractivity (Wildman–Crippen MR) is 65.5 cm³/mol. The van der Waals surface area contributed by atoms with Crippen LogP contribution in [0.5, 0.6) is 11.5 Å². The van der Waals surface area contributed by atoms with E-state index in [1.165, 1.54) is 6.08 Å². The maximum atomic E-state index is 10.6. The molecule has 0 unspecified atom stereocenters. The van der Waals surface area contributed by atoms with E-state index in [-0.39, 0.29) is 0 Å². The molecule has 0 atom stereocenters. The Labute approximate surface area is 102 Å². The van der Waals surface area contributed by atoms with Gasteiger partial charge in [-0.2, -0.15) is 0 Å². The molecule has 0 aromatic heterocycles. The first kappa shape index (κ1) is 12.6. The van der Waals surface area contributed by atoms with Gasteiger partial charge < -0.3 is 15.2 Å². The Morgan fingerprint density at radius 2 is 1.88 bits per heavy atom. The number of nitrogens with two attached hydrogens (primary N) is 1. The largest absolute Gasteiger partial charge is 0.493 e. The first-order valence-corrected chi connectivity index (χ1v) is 5.26. The van der Waals surface area contributed by atoms with Crippen molar-refractivity contribution in [2.24, 2.45) is 5.73 Å². The van der Waals surface area contributed by atoms with Crippen molar-refractivity contribution < 1.29 is 14.3 Å². The third kappa shape index (κ3) is 3.00. The van der Waals surface area contributed by atoms with Gasteiger partial charge in [-0.3, -0.25) is 4.79 Å². The highest BCUT2D eigenvalue weighted by atomic mass is 79.9. The van der Waals surface area contributed by atoms with Crippen LogP contribution in [-0.2, 0) is 4.79 Å². The minimum Gasteiger partial charge on any atom is -0.493 e. The van der Waals surface area contributed by atoms with E-state index in [0.29, 0.717) is 11.5 Å². The number of benzene rings is 1. The van der Waals surface area contributed by atoms with Crippen molar-refractivity contribution in [1.82, 2.24) is 0 Å². The van der Waals surface area contributed by atoms with Gasteiger partial charge in [-0.15, -0.1) is 0 Å². The Morgan fingerprint density at radius 3 is 2.38 bits per heavy atom. The fourth-order valence-corrected chi connectivity index (χ4v) is 1.62. The quantitative estimate of drug-likeness (QED) is 0.861. The first-order chi connectivity index (χ1) is 7.58. The Morgan fingerprint density at radius 1 is 1.31 bits per heavy atom. The highest BCUT2D eigenvalue weighted by Gasteiger charge is 2.07. The van der Waals surface area contributed by atoms with Crippen LogP contribution in [0.15, 0.2) is 22.7 Å². The molecule has 16 heavy (non-hydrogen) atoms. The van der Waals surface area contributed by atoms with E-state index in [4.69, 9.17) is 15.2 Å². The molecule has 0 fully saturated rings. The van der Waals surface area contributed by atoms with E-state index in [9.17, 15) is 4.79 Å². The number of rotatable bonds is 4. The summed E-state index contributed by atoms with van der Waals surface area (Å²) < 4.78 is 11.1. The minimum absolute atomic E-state index is 0.498. The molecule has 2 N–H and O–H groups in total. The van der Waals surface area contributed by atoms with E-state index in [1.54, 1.807) is 32.4 Å². The molecule has 1 rings (SSSR count). The maximum Gasteiger partial charge on any atom is 0.241 e. The molecule has 0 spiro atoms. The summed E-state index contributed by atoms with van der Waals surface area (Å²) >= 11 is 3.36. The van der Waals surface area contributed by atoms with Crippen LogP contribution in [0.4, 0.5) is 0 Å². The van der Waals surface area contributed by atoms with Gasteiger partial charge >= 0.3 is 0 Å². The monoisotopic (exact) mass is 285 g/mol. The molecule has 0 heterocycles. The van der Waals surface area contributed by atoms with Crippen molar-refractivity contribution >= 4 is 27.9 Å². The smallest absolute Gasteiger partial charge is 0.241 e. The Kier molecular flexibility index (Phi) is 4.37. The number of hydrogen-bond acceptors (Lipinski definition) is 3. The third-order valence-electron chi connectivity index (χ3n) is 1.93. The summed E-state index contributed by atoms with van der Waals surface area (Å²) in [6, 6.07) is 3.52. The Bertz CT molecular complexity index is 429. The topological polar surface area (TPSA) is 61.5 Å². The van der Waals surface area contributed by atoms with Crippen LogP contribution in [0, 0.1) is 0 Å². The van der Waals surface area contributed by atoms with Crippen molar-refractivity contribution in [3.05, 3.63) is 28.2 Å². The molecular formula is C11H12BrNO3. The Hall–Kier alpha value is -1.49. The molecule has 0 radical (unpaired) electrons. The van der Waals surface area contributed by atoms with Crippen LogP contribution in [0.3, 0.4) is 0 Å². The minimum atomic E-state index is -0.498. The average molecular weight is 286 g/mol. The zero-order chi connectivity index (χ0) is 12.1. The summed E-state index contributed by atoms with van der Waals surface area (Å²) in [5.41, 5.74) is 5.81. The van der Waals surface area contributed by atoms with Crippen LogP contribution < -0.4 is 15.2 Å². The van der Waals surface area contributed by atoms with Crippen LogP contribution in [0.25, 0.3) is 6.08 Å².